The number of carbonyl (C=O) groups excluding carboxylic acids is 1. The second-order valence-corrected chi connectivity index (χ2v) is 6.08. The minimum absolute atomic E-state index is 0.0702. The van der Waals surface area contributed by atoms with Crippen LogP contribution in [0, 0.1) is 6.92 Å². The Balaban J connectivity index is 1.49. The van der Waals surface area contributed by atoms with Crippen LogP contribution >= 0.6 is 0 Å². The summed E-state index contributed by atoms with van der Waals surface area (Å²) in [5.74, 6) is 1.85. The molecule has 1 aliphatic rings. The Morgan fingerprint density at radius 1 is 1.25 bits per heavy atom. The van der Waals surface area contributed by atoms with Crippen LogP contribution in [0.3, 0.4) is 0 Å². The molecule has 1 aliphatic heterocycles. The molecule has 6 nitrogen and oxygen atoms in total. The van der Waals surface area contributed by atoms with Gasteiger partial charge in [-0.1, -0.05) is 35.0 Å². The van der Waals surface area contributed by atoms with Crippen LogP contribution in [0.4, 0.5) is 0 Å². The highest BCUT2D eigenvalue weighted by Crippen LogP contribution is 2.29. The Labute approximate surface area is 139 Å². The van der Waals surface area contributed by atoms with Crippen LogP contribution in [-0.4, -0.2) is 27.5 Å². The lowest BCUT2D eigenvalue weighted by molar-refractivity contribution is -0.128. The fraction of sp³-hybridized carbons (Fsp3) is 0.278. The molecule has 1 fully saturated rings. The third-order valence-electron chi connectivity index (χ3n) is 4.24. The molecule has 0 aliphatic carbocycles. The molecular formula is C18H17N3O3. The topological polar surface area (TPSA) is 72.4 Å². The molecule has 4 rings (SSSR count). The lowest BCUT2D eigenvalue weighted by Gasteiger charge is -2.13. The number of hydrogen-bond acceptors (Lipinski definition) is 5. The maximum atomic E-state index is 12.2. The van der Waals surface area contributed by atoms with Gasteiger partial charge in [0.15, 0.2) is 0 Å². The van der Waals surface area contributed by atoms with Crippen LogP contribution < -0.4 is 0 Å². The van der Waals surface area contributed by atoms with E-state index < -0.39 is 0 Å². The van der Waals surface area contributed by atoms with Gasteiger partial charge in [0.25, 0.3) is 0 Å². The summed E-state index contributed by atoms with van der Waals surface area (Å²) in [5, 5.41) is 4.05. The van der Waals surface area contributed by atoms with Crippen molar-refractivity contribution in [3.8, 4) is 11.4 Å². The number of likely N-dealkylation sites (tertiary alicyclic amines) is 1. The molecule has 0 radical (unpaired) electrons. The van der Waals surface area contributed by atoms with Crippen molar-refractivity contribution in [2.75, 3.05) is 6.54 Å². The van der Waals surface area contributed by atoms with Gasteiger partial charge in [-0.15, -0.1) is 0 Å². The standard InChI is InChI=1S/C18H17N3O3/c1-12-4-6-13(7-5-12)17-19-18(24-20-17)14-9-16(22)21(10-14)11-15-3-2-8-23-15/h2-8,14H,9-11H2,1H3/t14-/m1/s1. The predicted octanol–water partition coefficient (Wildman–Crippen LogP) is 3.15. The first-order chi connectivity index (χ1) is 11.7. The molecular weight excluding hydrogens is 306 g/mol. The summed E-state index contributed by atoms with van der Waals surface area (Å²) < 4.78 is 10.7. The van der Waals surface area contributed by atoms with Gasteiger partial charge in [-0.05, 0) is 19.1 Å². The van der Waals surface area contributed by atoms with Crippen LogP contribution in [0.25, 0.3) is 11.4 Å². The van der Waals surface area contributed by atoms with E-state index in [0.717, 1.165) is 11.3 Å². The second-order valence-electron chi connectivity index (χ2n) is 6.08. The van der Waals surface area contributed by atoms with Gasteiger partial charge in [0, 0.05) is 18.5 Å². The van der Waals surface area contributed by atoms with Crippen LogP contribution in [0.2, 0.25) is 0 Å². The number of nitrogens with zero attached hydrogens (tertiary/aromatic N) is 3. The van der Waals surface area contributed by atoms with Crippen LogP contribution in [0.15, 0.2) is 51.6 Å². The summed E-state index contributed by atoms with van der Waals surface area (Å²) in [7, 11) is 0. The maximum absolute atomic E-state index is 12.2. The van der Waals surface area contributed by atoms with E-state index in [1.807, 2.05) is 43.3 Å². The zero-order valence-electron chi connectivity index (χ0n) is 13.3. The number of carbonyl (C=O) groups is 1. The molecule has 0 unspecified atom stereocenters. The first-order valence-corrected chi connectivity index (χ1v) is 7.90. The van der Waals surface area contributed by atoms with Crippen LogP contribution in [-0.2, 0) is 11.3 Å². The molecule has 1 atom stereocenters. The Morgan fingerprint density at radius 2 is 2.08 bits per heavy atom. The number of rotatable bonds is 4. The first kappa shape index (κ1) is 14.7. The third-order valence-corrected chi connectivity index (χ3v) is 4.24. The molecule has 0 N–H and O–H groups in total. The minimum Gasteiger partial charge on any atom is -0.467 e. The van der Waals surface area contributed by atoms with Gasteiger partial charge in [0.2, 0.25) is 17.6 Å². The first-order valence-electron chi connectivity index (χ1n) is 7.90. The summed E-state index contributed by atoms with van der Waals surface area (Å²) in [5.41, 5.74) is 2.09. The fourth-order valence-corrected chi connectivity index (χ4v) is 2.90. The van der Waals surface area contributed by atoms with E-state index in [0.29, 0.717) is 31.2 Å². The Hall–Kier alpha value is -2.89. The SMILES string of the molecule is Cc1ccc(-c2noc([C@@H]3CC(=O)N(Cc4ccco4)C3)n2)cc1. The van der Waals surface area contributed by atoms with E-state index in [1.165, 1.54) is 5.56 Å². The predicted molar refractivity (Wildman–Crippen MR) is 86.0 cm³/mol. The molecule has 122 valence electrons. The lowest BCUT2D eigenvalue weighted by Crippen LogP contribution is -2.24. The van der Waals surface area contributed by atoms with Gasteiger partial charge < -0.3 is 13.8 Å². The molecule has 0 spiro atoms. The van der Waals surface area contributed by atoms with Crippen molar-refractivity contribution >= 4 is 5.91 Å². The highest BCUT2D eigenvalue weighted by atomic mass is 16.5. The molecule has 2 aromatic heterocycles. The Bertz CT molecular complexity index is 837. The van der Waals surface area contributed by atoms with Crippen molar-refractivity contribution in [2.45, 2.75) is 25.8 Å². The Kier molecular flexibility index (Phi) is 3.65. The second kappa shape index (κ2) is 5.96. The summed E-state index contributed by atoms with van der Waals surface area (Å²) in [6.45, 7) is 3.07. The van der Waals surface area contributed by atoms with E-state index in [-0.39, 0.29) is 11.8 Å². The molecule has 3 heterocycles. The maximum Gasteiger partial charge on any atom is 0.232 e. The zero-order valence-corrected chi connectivity index (χ0v) is 13.3. The fourth-order valence-electron chi connectivity index (χ4n) is 2.90. The summed E-state index contributed by atoms with van der Waals surface area (Å²) in [4.78, 5) is 18.4. The zero-order chi connectivity index (χ0) is 16.5. The molecule has 6 heteroatoms. The van der Waals surface area contributed by atoms with E-state index in [1.54, 1.807) is 11.2 Å². The molecule has 0 saturated carbocycles. The molecule has 1 amide bonds. The molecule has 1 aromatic carbocycles. The van der Waals surface area contributed by atoms with Gasteiger partial charge in [-0.3, -0.25) is 4.79 Å². The smallest absolute Gasteiger partial charge is 0.232 e. The highest BCUT2D eigenvalue weighted by molar-refractivity contribution is 5.79. The van der Waals surface area contributed by atoms with Gasteiger partial charge in [-0.2, -0.15) is 4.98 Å². The van der Waals surface area contributed by atoms with Crippen molar-refractivity contribution < 1.29 is 13.7 Å². The summed E-state index contributed by atoms with van der Waals surface area (Å²) in [6.07, 6.45) is 2.00. The Morgan fingerprint density at radius 3 is 2.83 bits per heavy atom. The monoisotopic (exact) mass is 323 g/mol. The van der Waals surface area contributed by atoms with Gasteiger partial charge in [-0.25, -0.2) is 0 Å². The van der Waals surface area contributed by atoms with Crippen molar-refractivity contribution in [1.29, 1.82) is 0 Å². The van der Waals surface area contributed by atoms with E-state index in [4.69, 9.17) is 8.94 Å². The van der Waals surface area contributed by atoms with E-state index in [9.17, 15) is 4.79 Å². The van der Waals surface area contributed by atoms with E-state index >= 15 is 0 Å². The van der Waals surface area contributed by atoms with Crippen molar-refractivity contribution in [3.05, 3.63) is 59.9 Å². The lowest BCUT2D eigenvalue weighted by atomic mass is 10.1. The van der Waals surface area contributed by atoms with E-state index in [2.05, 4.69) is 10.1 Å². The van der Waals surface area contributed by atoms with Crippen molar-refractivity contribution in [2.24, 2.45) is 0 Å². The quantitative estimate of drug-likeness (QED) is 0.737. The molecule has 24 heavy (non-hydrogen) atoms. The molecule has 3 aromatic rings. The number of benzene rings is 1. The average molecular weight is 323 g/mol. The third kappa shape index (κ3) is 2.82. The van der Waals surface area contributed by atoms with Gasteiger partial charge in [0.1, 0.15) is 5.76 Å². The van der Waals surface area contributed by atoms with Crippen molar-refractivity contribution in [3.63, 3.8) is 0 Å². The van der Waals surface area contributed by atoms with Crippen LogP contribution in [0.1, 0.15) is 29.6 Å². The average Bonchev–Trinajstić information content (AvgIpc) is 3.31. The summed E-state index contributed by atoms with van der Waals surface area (Å²) in [6, 6.07) is 11.6. The normalized spacial score (nSPS) is 17.6. The number of furan rings is 1. The van der Waals surface area contributed by atoms with Gasteiger partial charge in [0.05, 0.1) is 18.7 Å². The number of aromatic nitrogens is 2. The minimum atomic E-state index is -0.0702. The number of hydrogen-bond donors (Lipinski definition) is 0. The van der Waals surface area contributed by atoms with Crippen molar-refractivity contribution in [1.82, 2.24) is 15.0 Å². The molecule has 0 bridgehead atoms. The highest BCUT2D eigenvalue weighted by Gasteiger charge is 2.34. The number of aryl methyl sites for hydroxylation is 1. The van der Waals surface area contributed by atoms with Gasteiger partial charge >= 0.3 is 0 Å². The van der Waals surface area contributed by atoms with Crippen LogP contribution in [0.5, 0.6) is 0 Å². The number of amides is 1. The largest absolute Gasteiger partial charge is 0.467 e. The molecule has 1 saturated heterocycles. The summed E-state index contributed by atoms with van der Waals surface area (Å²) >= 11 is 0.